The largest absolute Gasteiger partial charge is 0.311 e. The molecular weight excluding hydrogens is 1610 g/mol. The van der Waals surface area contributed by atoms with Crippen molar-refractivity contribution < 1.29 is 0 Å². The molecule has 0 N–H and O–H groups in total. The van der Waals surface area contributed by atoms with E-state index in [1.165, 1.54) is 154 Å². The second-order valence-electron chi connectivity index (χ2n) is 48.1. The van der Waals surface area contributed by atoms with Crippen molar-refractivity contribution in [2.75, 3.05) is 9.80 Å². The van der Waals surface area contributed by atoms with E-state index < -0.39 is 0 Å². The maximum atomic E-state index is 2.71. The summed E-state index contributed by atoms with van der Waals surface area (Å²) in [6.45, 7) is 63.1. The monoisotopic (exact) mass is 1740 g/mol. The van der Waals surface area contributed by atoms with E-state index in [1.54, 1.807) is 0 Å². The highest BCUT2D eigenvalue weighted by atomic mass is 15.2. The maximum Gasteiger partial charge on any atom is 0.252 e. The Hall–Kier alpha value is -12.8. The molecule has 0 spiro atoms. The lowest BCUT2D eigenvalue weighted by Gasteiger charge is -2.46. The lowest BCUT2D eigenvalue weighted by molar-refractivity contribution is 0.590. The molecule has 0 fully saturated rings. The third-order valence-electron chi connectivity index (χ3n) is 29.5. The zero-order chi connectivity index (χ0) is 93.7. The quantitative estimate of drug-likeness (QED) is 0.142. The van der Waals surface area contributed by atoms with Gasteiger partial charge in [-0.2, -0.15) is 0 Å². The van der Waals surface area contributed by atoms with Gasteiger partial charge in [-0.25, -0.2) is 0 Å². The van der Waals surface area contributed by atoms with Crippen LogP contribution in [-0.2, 0) is 48.7 Å². The molecule has 21 rings (SSSR count). The number of hydrogen-bond acceptors (Lipinski definition) is 2. The number of aromatic nitrogens is 4. The molecule has 666 valence electrons. The molecule has 6 heterocycles. The Balaban J connectivity index is 0.853. The van der Waals surface area contributed by atoms with Crippen LogP contribution >= 0.6 is 0 Å². The van der Waals surface area contributed by atoms with Gasteiger partial charge < -0.3 is 28.1 Å². The summed E-state index contributed by atoms with van der Waals surface area (Å²) in [5.74, 6) is 0. The Morgan fingerprint density at radius 2 is 0.398 bits per heavy atom. The number of hydrogen-bond donors (Lipinski definition) is 0. The molecule has 0 radical (unpaired) electrons. The highest BCUT2D eigenvalue weighted by Crippen LogP contribution is 2.54. The second kappa shape index (κ2) is 29.8. The fourth-order valence-corrected chi connectivity index (χ4v) is 21.6. The van der Waals surface area contributed by atoms with Gasteiger partial charge in [-0.15, -0.1) is 0 Å². The topological polar surface area (TPSA) is 26.2 Å². The van der Waals surface area contributed by atoms with E-state index in [0.29, 0.717) is 0 Å². The van der Waals surface area contributed by atoms with Gasteiger partial charge in [0.15, 0.2) is 0 Å². The zero-order valence-corrected chi connectivity index (χ0v) is 83.5. The molecule has 7 heteroatoms. The third-order valence-corrected chi connectivity index (χ3v) is 29.5. The van der Waals surface area contributed by atoms with Crippen LogP contribution < -0.4 is 26.2 Å². The smallest absolute Gasteiger partial charge is 0.252 e. The number of anilines is 6. The van der Waals surface area contributed by atoms with Crippen LogP contribution in [0.15, 0.2) is 291 Å². The molecule has 6 nitrogen and oxygen atoms in total. The predicted molar refractivity (Wildman–Crippen MR) is 577 cm³/mol. The first kappa shape index (κ1) is 86.9. The molecule has 0 atom stereocenters. The van der Waals surface area contributed by atoms with E-state index in [-0.39, 0.29) is 55.4 Å². The molecule has 4 aromatic heterocycles. The summed E-state index contributed by atoms with van der Waals surface area (Å²) < 4.78 is 10.2. The van der Waals surface area contributed by atoms with Crippen LogP contribution in [0.3, 0.4) is 0 Å². The van der Waals surface area contributed by atoms with E-state index in [1.807, 2.05) is 0 Å². The summed E-state index contributed by atoms with van der Waals surface area (Å²) in [7, 11) is 0. The third kappa shape index (κ3) is 14.4. The van der Waals surface area contributed by atoms with E-state index in [4.69, 9.17) is 0 Å². The Bertz CT molecular complexity index is 7320. The van der Waals surface area contributed by atoms with Crippen molar-refractivity contribution >= 4 is 144 Å². The summed E-state index contributed by atoms with van der Waals surface area (Å²) in [4.78, 5) is 5.42. The molecule has 0 saturated heterocycles. The van der Waals surface area contributed by atoms with Crippen molar-refractivity contribution in [1.82, 2.24) is 18.3 Å². The second-order valence-corrected chi connectivity index (χ2v) is 48.1. The van der Waals surface area contributed by atoms with E-state index in [9.17, 15) is 0 Å². The fraction of sp³-hybridized carbons (Fsp3) is 0.286. The molecule has 133 heavy (non-hydrogen) atoms. The van der Waals surface area contributed by atoms with E-state index >= 15 is 0 Å². The van der Waals surface area contributed by atoms with Gasteiger partial charge in [-0.1, -0.05) is 308 Å². The highest BCUT2D eigenvalue weighted by Gasteiger charge is 2.46. The van der Waals surface area contributed by atoms with Crippen LogP contribution in [0.25, 0.3) is 132 Å². The van der Waals surface area contributed by atoms with Gasteiger partial charge in [0.1, 0.15) is 0 Å². The molecule has 0 aliphatic carbocycles. The average Bonchev–Trinajstić information content (AvgIpc) is 1.28. The molecule has 15 aromatic carbocycles. The number of fused-ring (bicyclic) bond motifs is 16. The van der Waals surface area contributed by atoms with Crippen molar-refractivity contribution in [2.45, 2.75) is 236 Å². The summed E-state index contributed by atoms with van der Waals surface area (Å²) in [6.07, 6.45) is 0. The van der Waals surface area contributed by atoms with Crippen LogP contribution in [0.4, 0.5) is 34.1 Å². The number of rotatable bonds is 8. The Kier molecular flexibility index (Phi) is 19.5. The van der Waals surface area contributed by atoms with Crippen molar-refractivity contribution in [3.63, 3.8) is 0 Å². The number of para-hydroxylation sites is 2. The van der Waals surface area contributed by atoms with Crippen molar-refractivity contribution in [3.05, 3.63) is 341 Å². The van der Waals surface area contributed by atoms with Crippen molar-refractivity contribution in [1.29, 1.82) is 0 Å². The van der Waals surface area contributed by atoms with Gasteiger partial charge in [0, 0.05) is 99.7 Å². The number of nitrogens with zero attached hydrogens (tertiary/aromatic N) is 6. The molecular formula is C126H129BN6. The lowest BCUT2D eigenvalue weighted by atomic mass is 9.33. The minimum absolute atomic E-state index is 0.0422. The van der Waals surface area contributed by atoms with E-state index in [2.05, 4.69) is 506 Å². The van der Waals surface area contributed by atoms with Gasteiger partial charge in [0.25, 0.3) is 6.71 Å². The van der Waals surface area contributed by atoms with Gasteiger partial charge in [0.2, 0.25) is 0 Å². The molecule has 0 saturated carbocycles. The molecule has 0 bridgehead atoms. The first-order chi connectivity index (χ1) is 62.6. The predicted octanol–water partition coefficient (Wildman–Crippen LogP) is 33.2. The van der Waals surface area contributed by atoms with Gasteiger partial charge in [0.05, 0.1) is 55.5 Å². The minimum Gasteiger partial charge on any atom is -0.311 e. The summed E-state index contributed by atoms with van der Waals surface area (Å²) in [5, 5.41) is 10.1. The SMILES string of the molecule is CC(C)(C)c1cc2c3c(c1)N(c1ccccc1-c1cccc(-n4c5ccc(C(C)(C)C)cc5c5cc(C(C)(C)C)ccc54)c1)c1cc(-n4c5ccc(C(C)(C)C)cc5c5cc(C(C)(C)C)ccc54)ccc1B3c1ccc(-n3c4ccc(C(C)(C)C)cc4c4cc(C(C)(C)C)ccc43)cc1N2c1ccccc1-c1cccc(-n2c3ccc(C(C)(C)C)cc3c3cc(C(C)(C)C)ccc32)c1. The van der Waals surface area contributed by atoms with Crippen LogP contribution in [0, 0.1) is 0 Å². The normalized spacial score (nSPS) is 13.8. The maximum absolute atomic E-state index is 2.71. The molecule has 19 aromatic rings. The minimum atomic E-state index is -0.348. The lowest BCUT2D eigenvalue weighted by Crippen LogP contribution is -2.61. The number of benzene rings is 15. The Labute approximate surface area is 789 Å². The standard InChI is InChI=1S/C126H129BN6/c1-118(2,3)78-42-54-105-93(64-78)94-65-79(119(4,5)6)43-55-106(94)128(105)87-36-32-34-76(62-87)91-38-28-30-40-103(91)132-113-74-89(130-109-58-46-82(122(13,14)15)68-97(109)98-69-83(123(16,17)18)47-59-110(98)130)50-52-101(113)127-102-53-51-90(131-111-60-48-84(124(19,20)21)70-99(111)100-71-85(125(22,23)24)49-61-112(100)131)75-114(102)133(116-73-86(126(25,26)27)72-115(132)117(116)127)104-41-31-29-39-92(104)77-35-33-37-88(63-77)129-107-56-44-80(120(7,8)9)66-95(107)96-67-81(121(10,11)12)45-57-108(96)129/h28-75H,1-27H3. The summed E-state index contributed by atoms with van der Waals surface area (Å²) >= 11 is 0. The van der Waals surface area contributed by atoms with Crippen LogP contribution in [0.5, 0.6) is 0 Å². The summed E-state index contributed by atoms with van der Waals surface area (Å²) in [6, 6.07) is 116. The van der Waals surface area contributed by atoms with Gasteiger partial charge in [-0.05, 0) is 296 Å². The van der Waals surface area contributed by atoms with Crippen molar-refractivity contribution in [2.24, 2.45) is 0 Å². The highest BCUT2D eigenvalue weighted by molar-refractivity contribution is 7.00. The van der Waals surface area contributed by atoms with E-state index in [0.717, 1.165) is 79.1 Å². The average molecular weight is 1740 g/mol. The first-order valence-electron chi connectivity index (χ1n) is 48.5. The van der Waals surface area contributed by atoms with Crippen LogP contribution in [0.1, 0.15) is 237 Å². The van der Waals surface area contributed by atoms with Gasteiger partial charge >= 0.3 is 0 Å². The summed E-state index contributed by atoms with van der Waals surface area (Å²) in [5.41, 5.74) is 40.0. The van der Waals surface area contributed by atoms with Crippen LogP contribution in [-0.4, -0.2) is 25.0 Å². The fourth-order valence-electron chi connectivity index (χ4n) is 21.6. The first-order valence-corrected chi connectivity index (χ1v) is 48.5. The molecule has 0 unspecified atom stereocenters. The van der Waals surface area contributed by atoms with Gasteiger partial charge in [-0.3, -0.25) is 0 Å². The Morgan fingerprint density at radius 3 is 0.632 bits per heavy atom. The zero-order valence-electron chi connectivity index (χ0n) is 83.5. The molecule has 0 amide bonds. The molecule has 2 aliphatic heterocycles. The Morgan fingerprint density at radius 1 is 0.173 bits per heavy atom. The van der Waals surface area contributed by atoms with Crippen LogP contribution in [0.2, 0.25) is 0 Å². The molecule has 2 aliphatic rings. The van der Waals surface area contributed by atoms with Crippen molar-refractivity contribution in [3.8, 4) is 45.0 Å².